The van der Waals surface area contributed by atoms with E-state index in [0.717, 1.165) is 0 Å². The van der Waals surface area contributed by atoms with E-state index in [1.165, 1.54) is 30.0 Å². The van der Waals surface area contributed by atoms with Gasteiger partial charge in [0, 0.05) is 29.4 Å². The Balaban J connectivity index is 2.51. The molecule has 0 spiro atoms. The number of aromatic nitrogens is 2. The van der Waals surface area contributed by atoms with E-state index >= 15 is 0 Å². The van der Waals surface area contributed by atoms with Gasteiger partial charge in [0.25, 0.3) is 0 Å². The highest BCUT2D eigenvalue weighted by atomic mass is 35.5. The molecule has 1 aromatic heterocycles. The van der Waals surface area contributed by atoms with Gasteiger partial charge in [0.15, 0.2) is 0 Å². The van der Waals surface area contributed by atoms with Crippen LogP contribution in [-0.4, -0.2) is 36.4 Å². The van der Waals surface area contributed by atoms with Crippen LogP contribution >= 0.6 is 11.6 Å². The predicted molar refractivity (Wildman–Crippen MR) is 91.4 cm³/mol. The van der Waals surface area contributed by atoms with Crippen molar-refractivity contribution in [3.63, 3.8) is 0 Å². The Kier molecular flexibility index (Phi) is 5.40. The quantitative estimate of drug-likeness (QED) is 0.781. The molecule has 2 rings (SSSR count). The minimum absolute atomic E-state index is 0.0174. The van der Waals surface area contributed by atoms with Gasteiger partial charge < -0.3 is 9.84 Å². The topological polar surface area (TPSA) is 111 Å². The molecule has 0 aliphatic rings. The number of aryl methyl sites for hydroxylation is 2. The number of aliphatic carboxylic acids is 1. The van der Waals surface area contributed by atoms with Crippen molar-refractivity contribution in [2.24, 2.45) is 7.05 Å². The van der Waals surface area contributed by atoms with Crippen molar-refractivity contribution in [1.29, 1.82) is 0 Å². The van der Waals surface area contributed by atoms with Crippen LogP contribution in [0.1, 0.15) is 23.0 Å². The third-order valence-corrected chi connectivity index (χ3v) is 5.49. The van der Waals surface area contributed by atoms with Crippen molar-refractivity contribution in [3.05, 3.63) is 40.2 Å². The van der Waals surface area contributed by atoms with Crippen LogP contribution in [0.3, 0.4) is 0 Å². The zero-order chi connectivity index (χ0) is 18.9. The molecule has 25 heavy (non-hydrogen) atoms. The second-order valence-electron chi connectivity index (χ2n) is 5.40. The fourth-order valence-corrected chi connectivity index (χ4v) is 3.99. The number of hydrogen-bond donors (Lipinski definition) is 2. The second-order valence-corrected chi connectivity index (χ2v) is 7.51. The van der Waals surface area contributed by atoms with Crippen LogP contribution < -0.4 is 9.46 Å². The van der Waals surface area contributed by atoms with Crippen LogP contribution in [0.25, 0.3) is 0 Å². The molecule has 0 saturated carbocycles. The molecular weight excluding hydrogens is 370 g/mol. The Morgan fingerprint density at radius 2 is 2.04 bits per heavy atom. The van der Waals surface area contributed by atoms with Gasteiger partial charge in [-0.2, -0.15) is 9.82 Å². The summed E-state index contributed by atoms with van der Waals surface area (Å²) in [7, 11) is -1.23. The highest BCUT2D eigenvalue weighted by Crippen LogP contribution is 2.29. The largest absolute Gasteiger partial charge is 0.495 e. The van der Waals surface area contributed by atoms with Crippen LogP contribution in [0.2, 0.25) is 5.02 Å². The highest BCUT2D eigenvalue weighted by Gasteiger charge is 2.32. The van der Waals surface area contributed by atoms with E-state index in [0.29, 0.717) is 22.0 Å². The van der Waals surface area contributed by atoms with Crippen LogP contribution in [-0.2, 0) is 21.9 Å². The maximum atomic E-state index is 12.7. The minimum atomic E-state index is -4.19. The first kappa shape index (κ1) is 19.2. The number of sulfonamides is 1. The van der Waals surface area contributed by atoms with Crippen molar-refractivity contribution in [2.45, 2.75) is 24.8 Å². The fraction of sp³-hybridized carbons (Fsp3) is 0.333. The van der Waals surface area contributed by atoms with E-state index in [-0.39, 0.29) is 10.6 Å². The number of benzene rings is 1. The molecule has 10 heteroatoms. The molecule has 0 bridgehead atoms. The Bertz CT molecular complexity index is 923. The molecule has 0 fully saturated rings. The summed E-state index contributed by atoms with van der Waals surface area (Å²) in [5.41, 5.74) is 1.28. The molecule has 8 nitrogen and oxygen atoms in total. The number of rotatable bonds is 6. The summed E-state index contributed by atoms with van der Waals surface area (Å²) in [4.78, 5) is 11.5. The third-order valence-electron chi connectivity index (χ3n) is 3.79. The minimum Gasteiger partial charge on any atom is -0.495 e. The average Bonchev–Trinajstić information content (AvgIpc) is 2.77. The number of hydrogen-bond acceptors (Lipinski definition) is 5. The van der Waals surface area contributed by atoms with Crippen molar-refractivity contribution in [3.8, 4) is 5.75 Å². The molecule has 136 valence electrons. The van der Waals surface area contributed by atoms with Gasteiger partial charge in [0.05, 0.1) is 12.8 Å². The Morgan fingerprint density at radius 1 is 1.40 bits per heavy atom. The maximum absolute atomic E-state index is 12.7. The molecule has 1 atom stereocenters. The molecule has 0 amide bonds. The molecular formula is C15H18ClN3O5S. The van der Waals surface area contributed by atoms with Crippen LogP contribution in [0.4, 0.5) is 0 Å². The molecule has 1 unspecified atom stereocenters. The van der Waals surface area contributed by atoms with Crippen LogP contribution in [0.5, 0.6) is 5.75 Å². The van der Waals surface area contributed by atoms with E-state index in [2.05, 4.69) is 9.82 Å². The molecule has 2 N–H and O–H groups in total. The number of halogens is 1. The number of carboxylic acid groups (broad SMARTS) is 1. The molecule has 2 aromatic rings. The van der Waals surface area contributed by atoms with Gasteiger partial charge >= 0.3 is 5.97 Å². The first-order chi connectivity index (χ1) is 11.6. The monoisotopic (exact) mass is 387 g/mol. The summed E-state index contributed by atoms with van der Waals surface area (Å²) in [6.45, 7) is 3.29. The van der Waals surface area contributed by atoms with Crippen molar-refractivity contribution in [1.82, 2.24) is 14.5 Å². The third kappa shape index (κ3) is 3.78. The number of ether oxygens (including phenoxy) is 1. The number of methoxy groups -OCH3 is 1. The summed E-state index contributed by atoms with van der Waals surface area (Å²) in [5.74, 6) is -1.32. The lowest BCUT2D eigenvalue weighted by Crippen LogP contribution is -2.34. The average molecular weight is 388 g/mol. The number of nitrogens with zero attached hydrogens (tertiary/aromatic N) is 2. The maximum Gasteiger partial charge on any atom is 0.326 e. The Hall–Kier alpha value is -2.10. The molecule has 0 aliphatic carbocycles. The summed E-state index contributed by atoms with van der Waals surface area (Å²) >= 11 is 5.84. The molecule has 1 aromatic carbocycles. The van der Waals surface area contributed by atoms with Gasteiger partial charge in [0.1, 0.15) is 16.7 Å². The summed E-state index contributed by atoms with van der Waals surface area (Å²) in [6, 6.07) is 2.49. The van der Waals surface area contributed by atoms with Crippen molar-refractivity contribution < 1.29 is 23.1 Å². The van der Waals surface area contributed by atoms with Crippen molar-refractivity contribution in [2.75, 3.05) is 7.11 Å². The number of carbonyl (C=O) groups is 1. The van der Waals surface area contributed by atoms with E-state index in [1.807, 2.05) is 0 Å². The zero-order valence-corrected chi connectivity index (χ0v) is 15.6. The van der Waals surface area contributed by atoms with Gasteiger partial charge in [0.2, 0.25) is 10.0 Å². The van der Waals surface area contributed by atoms with Gasteiger partial charge in [-0.15, -0.1) is 0 Å². The molecule has 0 radical (unpaired) electrons. The smallest absolute Gasteiger partial charge is 0.326 e. The van der Waals surface area contributed by atoms with E-state index < -0.39 is 22.0 Å². The number of carboxylic acids is 1. The van der Waals surface area contributed by atoms with Crippen LogP contribution in [0.15, 0.2) is 23.1 Å². The standard InChI is InChI=1S/C15H18ClN3O5S/c1-8-13(9(2)19(3)17-8)14(15(20)21)18-25(22,23)12-6-5-10(16)7-11(12)24-4/h5-7,14,18H,1-4H3,(H,20,21). The summed E-state index contributed by atoms with van der Waals surface area (Å²) in [5, 5.41) is 14.0. The molecule has 0 aliphatic heterocycles. The van der Waals surface area contributed by atoms with Crippen molar-refractivity contribution >= 4 is 27.6 Å². The SMILES string of the molecule is COc1cc(Cl)ccc1S(=O)(=O)NC(C(=O)O)c1c(C)nn(C)c1C. The molecule has 1 heterocycles. The first-order valence-corrected chi connectivity index (χ1v) is 9.03. The van der Waals surface area contributed by atoms with Gasteiger partial charge in [-0.25, -0.2) is 8.42 Å². The highest BCUT2D eigenvalue weighted by molar-refractivity contribution is 7.89. The lowest BCUT2D eigenvalue weighted by molar-refractivity contribution is -0.139. The normalized spacial score (nSPS) is 12.8. The predicted octanol–water partition coefficient (Wildman–Crippen LogP) is 1.80. The van der Waals surface area contributed by atoms with Gasteiger partial charge in [-0.05, 0) is 26.0 Å². The van der Waals surface area contributed by atoms with E-state index in [4.69, 9.17) is 16.3 Å². The van der Waals surface area contributed by atoms with E-state index in [9.17, 15) is 18.3 Å². The van der Waals surface area contributed by atoms with Gasteiger partial charge in [-0.1, -0.05) is 11.6 Å². The Morgan fingerprint density at radius 3 is 2.52 bits per heavy atom. The second kappa shape index (κ2) is 7.03. The first-order valence-electron chi connectivity index (χ1n) is 7.17. The lowest BCUT2D eigenvalue weighted by atomic mass is 10.1. The lowest BCUT2D eigenvalue weighted by Gasteiger charge is -2.17. The van der Waals surface area contributed by atoms with Gasteiger partial charge in [-0.3, -0.25) is 9.48 Å². The van der Waals surface area contributed by atoms with Crippen LogP contribution in [0, 0.1) is 13.8 Å². The molecule has 0 saturated heterocycles. The van der Waals surface area contributed by atoms with E-state index in [1.54, 1.807) is 20.9 Å². The summed E-state index contributed by atoms with van der Waals surface area (Å²) in [6.07, 6.45) is 0. The zero-order valence-electron chi connectivity index (χ0n) is 14.1. The fourth-order valence-electron chi connectivity index (χ4n) is 2.52. The number of nitrogens with one attached hydrogen (secondary N) is 1. The Labute approximate surface area is 150 Å². The summed E-state index contributed by atoms with van der Waals surface area (Å²) < 4.78 is 34.2.